The van der Waals surface area contributed by atoms with Gasteiger partial charge in [-0.2, -0.15) is 0 Å². The number of ether oxygens (including phenoxy) is 1. The fourth-order valence-electron chi connectivity index (χ4n) is 3.31. The number of hydrogen-bond donors (Lipinski definition) is 2. The first-order valence-corrected chi connectivity index (χ1v) is 9.96. The Hall–Kier alpha value is -3.22. The quantitative estimate of drug-likeness (QED) is 0.468. The molecule has 2 aromatic rings. The van der Waals surface area contributed by atoms with E-state index in [1.54, 1.807) is 24.3 Å². The van der Waals surface area contributed by atoms with Crippen LogP contribution in [-0.4, -0.2) is 25.0 Å². The third-order valence-electron chi connectivity index (χ3n) is 4.86. The molecule has 0 heterocycles. The second-order valence-corrected chi connectivity index (χ2v) is 7.05. The molecule has 0 atom stereocenters. The van der Waals surface area contributed by atoms with Crippen LogP contribution in [0.4, 0.5) is 20.2 Å². The molecule has 158 valence electrons. The van der Waals surface area contributed by atoms with Gasteiger partial charge in [-0.15, -0.1) is 0 Å². The lowest BCUT2D eigenvalue weighted by Crippen LogP contribution is -2.22. The SMILES string of the molecule is O=C(COC(=O)c1ccccc1NCCC1=CCCCC1)Nc1c(F)cccc1F. The van der Waals surface area contributed by atoms with Crippen molar-refractivity contribution in [2.24, 2.45) is 0 Å². The van der Waals surface area contributed by atoms with Gasteiger partial charge in [-0.25, -0.2) is 13.6 Å². The largest absolute Gasteiger partial charge is 0.452 e. The van der Waals surface area contributed by atoms with Gasteiger partial charge in [-0.1, -0.05) is 29.8 Å². The predicted molar refractivity (Wildman–Crippen MR) is 111 cm³/mol. The molecule has 1 amide bonds. The number of esters is 1. The van der Waals surface area contributed by atoms with Crippen LogP contribution in [0.25, 0.3) is 0 Å². The highest BCUT2D eigenvalue weighted by molar-refractivity contribution is 5.98. The van der Waals surface area contributed by atoms with Gasteiger partial charge in [-0.3, -0.25) is 4.79 Å². The fraction of sp³-hybridized carbons (Fsp3) is 0.304. The smallest absolute Gasteiger partial charge is 0.340 e. The second kappa shape index (κ2) is 10.5. The number of carbonyl (C=O) groups is 2. The van der Waals surface area contributed by atoms with E-state index in [0.29, 0.717) is 17.8 Å². The van der Waals surface area contributed by atoms with E-state index in [9.17, 15) is 18.4 Å². The van der Waals surface area contributed by atoms with Crippen molar-refractivity contribution in [3.8, 4) is 0 Å². The number of hydrogen-bond acceptors (Lipinski definition) is 4. The molecule has 7 heteroatoms. The molecule has 2 N–H and O–H groups in total. The van der Waals surface area contributed by atoms with E-state index in [0.717, 1.165) is 31.4 Å². The molecule has 0 fully saturated rings. The molecular weight excluding hydrogens is 390 g/mol. The summed E-state index contributed by atoms with van der Waals surface area (Å²) in [6, 6.07) is 10.1. The van der Waals surface area contributed by atoms with E-state index in [1.807, 2.05) is 0 Å². The number of nitrogens with one attached hydrogen (secondary N) is 2. The second-order valence-electron chi connectivity index (χ2n) is 7.05. The molecule has 2 aromatic carbocycles. The van der Waals surface area contributed by atoms with Crippen LogP contribution in [0.3, 0.4) is 0 Å². The lowest BCUT2D eigenvalue weighted by Gasteiger charge is -2.15. The predicted octanol–water partition coefficient (Wildman–Crippen LogP) is 5.06. The summed E-state index contributed by atoms with van der Waals surface area (Å²) in [7, 11) is 0. The van der Waals surface area contributed by atoms with Crippen LogP contribution in [-0.2, 0) is 9.53 Å². The lowest BCUT2D eigenvalue weighted by molar-refractivity contribution is -0.119. The van der Waals surface area contributed by atoms with Gasteiger partial charge < -0.3 is 15.4 Å². The maximum absolute atomic E-state index is 13.6. The van der Waals surface area contributed by atoms with E-state index >= 15 is 0 Å². The summed E-state index contributed by atoms with van der Waals surface area (Å²) in [5, 5.41) is 5.33. The standard InChI is InChI=1S/C23H24F2N2O3/c24-18-10-6-11-19(25)22(18)27-21(28)15-30-23(29)17-9-4-5-12-20(17)26-14-13-16-7-2-1-3-8-16/h4-7,9-12,26H,1-3,8,13-15H2,(H,27,28). The number of allylic oxidation sites excluding steroid dienone is 1. The highest BCUT2D eigenvalue weighted by atomic mass is 19.1. The van der Waals surface area contributed by atoms with Gasteiger partial charge in [0.05, 0.1) is 5.56 Å². The average Bonchev–Trinajstić information content (AvgIpc) is 2.76. The van der Waals surface area contributed by atoms with Crippen molar-refractivity contribution >= 4 is 23.3 Å². The number of carbonyl (C=O) groups excluding carboxylic acids is 2. The molecule has 3 rings (SSSR count). The Labute approximate surface area is 174 Å². The molecule has 1 aliphatic carbocycles. The molecule has 5 nitrogen and oxygen atoms in total. The van der Waals surface area contributed by atoms with Crippen molar-refractivity contribution in [1.82, 2.24) is 0 Å². The summed E-state index contributed by atoms with van der Waals surface area (Å²) in [6.45, 7) is 0.0248. The van der Waals surface area contributed by atoms with E-state index in [1.165, 1.54) is 24.5 Å². The molecule has 0 aromatic heterocycles. The van der Waals surface area contributed by atoms with E-state index < -0.39 is 35.8 Å². The van der Waals surface area contributed by atoms with Crippen LogP contribution < -0.4 is 10.6 Å². The maximum Gasteiger partial charge on any atom is 0.340 e. The Morgan fingerprint density at radius 3 is 2.50 bits per heavy atom. The zero-order valence-electron chi connectivity index (χ0n) is 16.5. The van der Waals surface area contributed by atoms with Crippen molar-refractivity contribution in [3.63, 3.8) is 0 Å². The summed E-state index contributed by atoms with van der Waals surface area (Å²) in [5.74, 6) is -3.34. The fourth-order valence-corrected chi connectivity index (χ4v) is 3.31. The van der Waals surface area contributed by atoms with Gasteiger partial charge in [0.2, 0.25) is 0 Å². The molecule has 0 bridgehead atoms. The normalized spacial score (nSPS) is 13.3. The molecule has 1 aliphatic rings. The van der Waals surface area contributed by atoms with Crippen LogP contribution in [0.15, 0.2) is 54.1 Å². The molecule has 0 spiro atoms. The monoisotopic (exact) mass is 414 g/mol. The van der Waals surface area contributed by atoms with Crippen LogP contribution in [0, 0.1) is 11.6 Å². The van der Waals surface area contributed by atoms with Crippen molar-refractivity contribution in [3.05, 3.63) is 71.3 Å². The van der Waals surface area contributed by atoms with Gasteiger partial charge in [0.1, 0.15) is 17.3 Å². The number of amides is 1. The zero-order valence-corrected chi connectivity index (χ0v) is 16.5. The summed E-state index contributed by atoms with van der Waals surface area (Å²) >= 11 is 0. The highest BCUT2D eigenvalue weighted by Gasteiger charge is 2.16. The van der Waals surface area contributed by atoms with Crippen molar-refractivity contribution in [2.75, 3.05) is 23.8 Å². The first kappa shape index (κ1) is 21.5. The van der Waals surface area contributed by atoms with Crippen LogP contribution >= 0.6 is 0 Å². The molecular formula is C23H24F2N2O3. The topological polar surface area (TPSA) is 67.4 Å². The van der Waals surface area contributed by atoms with Gasteiger partial charge >= 0.3 is 5.97 Å². The van der Waals surface area contributed by atoms with Crippen molar-refractivity contribution in [1.29, 1.82) is 0 Å². The van der Waals surface area contributed by atoms with Crippen LogP contribution in [0.5, 0.6) is 0 Å². The molecule has 0 aliphatic heterocycles. The third-order valence-corrected chi connectivity index (χ3v) is 4.86. The molecule has 0 saturated heterocycles. The van der Waals surface area contributed by atoms with Crippen LogP contribution in [0.2, 0.25) is 0 Å². The summed E-state index contributed by atoms with van der Waals surface area (Å²) in [4.78, 5) is 24.4. The molecule has 0 radical (unpaired) electrons. The Kier molecular flexibility index (Phi) is 7.54. The van der Waals surface area contributed by atoms with Gasteiger partial charge in [0.25, 0.3) is 5.91 Å². The van der Waals surface area contributed by atoms with E-state index in [-0.39, 0.29) is 0 Å². The van der Waals surface area contributed by atoms with E-state index in [2.05, 4.69) is 16.7 Å². The summed E-state index contributed by atoms with van der Waals surface area (Å²) < 4.78 is 32.2. The number of para-hydroxylation sites is 2. The Morgan fingerprint density at radius 2 is 1.77 bits per heavy atom. The number of benzene rings is 2. The first-order chi connectivity index (χ1) is 14.5. The van der Waals surface area contributed by atoms with Gasteiger partial charge in [0.15, 0.2) is 6.61 Å². The number of rotatable bonds is 8. The maximum atomic E-state index is 13.6. The van der Waals surface area contributed by atoms with E-state index in [4.69, 9.17) is 4.74 Å². The zero-order chi connectivity index (χ0) is 21.3. The lowest BCUT2D eigenvalue weighted by atomic mass is 9.97. The average molecular weight is 414 g/mol. The minimum atomic E-state index is -0.905. The van der Waals surface area contributed by atoms with Crippen molar-refractivity contribution in [2.45, 2.75) is 32.1 Å². The minimum absolute atomic E-state index is 0.292. The van der Waals surface area contributed by atoms with Crippen molar-refractivity contribution < 1.29 is 23.1 Å². The molecule has 0 saturated carbocycles. The highest BCUT2D eigenvalue weighted by Crippen LogP contribution is 2.22. The summed E-state index contributed by atoms with van der Waals surface area (Å²) in [5.41, 5.74) is 1.75. The Morgan fingerprint density at radius 1 is 1.00 bits per heavy atom. The Balaban J connectivity index is 1.53. The number of anilines is 2. The minimum Gasteiger partial charge on any atom is -0.452 e. The first-order valence-electron chi connectivity index (χ1n) is 9.96. The van der Waals surface area contributed by atoms with Gasteiger partial charge in [0, 0.05) is 12.2 Å². The molecule has 30 heavy (non-hydrogen) atoms. The summed E-state index contributed by atoms with van der Waals surface area (Å²) in [6.07, 6.45) is 7.87. The Bertz CT molecular complexity index is 924. The van der Waals surface area contributed by atoms with Crippen LogP contribution in [0.1, 0.15) is 42.5 Å². The van der Waals surface area contributed by atoms with Gasteiger partial charge in [-0.05, 0) is 56.4 Å². The molecule has 0 unspecified atom stereocenters. The third kappa shape index (κ3) is 5.89. The number of halogens is 2.